The van der Waals surface area contributed by atoms with Crippen molar-refractivity contribution in [2.45, 2.75) is 18.4 Å². The molecule has 204 valence electrons. The van der Waals surface area contributed by atoms with Gasteiger partial charge in [-0.3, -0.25) is 4.79 Å². The van der Waals surface area contributed by atoms with Crippen LogP contribution in [0, 0.1) is 3.57 Å². The predicted molar refractivity (Wildman–Crippen MR) is 167 cm³/mol. The molecule has 7 heteroatoms. The molecule has 6 rings (SSSR count). The quantitative estimate of drug-likeness (QED) is 0.144. The van der Waals surface area contributed by atoms with Crippen molar-refractivity contribution in [2.24, 2.45) is 0 Å². The van der Waals surface area contributed by atoms with E-state index in [1.165, 1.54) is 12.1 Å². The number of hydrogen-bond donors (Lipinski definition) is 1. The van der Waals surface area contributed by atoms with Gasteiger partial charge in [-0.1, -0.05) is 95.5 Å². The van der Waals surface area contributed by atoms with Gasteiger partial charge in [0.2, 0.25) is 0 Å². The van der Waals surface area contributed by atoms with E-state index in [4.69, 9.17) is 4.74 Å². The first-order valence-corrected chi connectivity index (χ1v) is 14.4. The van der Waals surface area contributed by atoms with Crippen molar-refractivity contribution < 1.29 is 18.8 Å². The molecule has 0 radical (unpaired) electrons. The van der Waals surface area contributed by atoms with Gasteiger partial charge >= 0.3 is 6.09 Å². The fourth-order valence-electron chi connectivity index (χ4n) is 5.42. The first-order chi connectivity index (χ1) is 20.0. The third kappa shape index (κ3) is 5.67. The van der Waals surface area contributed by atoms with Gasteiger partial charge in [-0.2, -0.15) is 0 Å². The second-order valence-corrected chi connectivity index (χ2v) is 11.2. The van der Waals surface area contributed by atoms with Crippen molar-refractivity contribution in [3.05, 3.63) is 136 Å². The Hall–Kier alpha value is -4.24. The zero-order valence-corrected chi connectivity index (χ0v) is 24.1. The number of nitrogens with one attached hydrogen (secondary N) is 1. The Kier molecular flexibility index (Phi) is 7.69. The minimum absolute atomic E-state index is 0.0888. The standard InChI is InChI=1S/C34H26FIN2O3/c35-38(26-17-15-25(36)16-18-26)33(39)32(20-22-13-14-23-7-1-2-8-24(23)19-22)37-34(40)41-21-31-29-11-5-3-9-27(29)28-10-4-6-12-30(28)31/h1-19,31-32H,20-21H2,(H,37,40)/t32-/m0/s1. The summed E-state index contributed by atoms with van der Waals surface area (Å²) in [5, 5.41) is 4.79. The lowest BCUT2D eigenvalue weighted by atomic mass is 9.98. The van der Waals surface area contributed by atoms with Crippen LogP contribution in [0.15, 0.2) is 115 Å². The summed E-state index contributed by atoms with van der Waals surface area (Å²) in [5.74, 6) is -1.01. The van der Waals surface area contributed by atoms with Crippen LogP contribution < -0.4 is 10.4 Å². The van der Waals surface area contributed by atoms with Crippen LogP contribution >= 0.6 is 22.6 Å². The molecule has 1 atom stereocenters. The second-order valence-electron chi connectivity index (χ2n) is 10.0. The minimum Gasteiger partial charge on any atom is -0.449 e. The molecule has 1 N–H and O–H groups in total. The van der Waals surface area contributed by atoms with Crippen LogP contribution in [0.5, 0.6) is 0 Å². The van der Waals surface area contributed by atoms with Gasteiger partial charge in [0.1, 0.15) is 12.6 Å². The van der Waals surface area contributed by atoms with E-state index >= 15 is 4.48 Å². The molecule has 5 nitrogen and oxygen atoms in total. The maximum atomic E-state index is 15.4. The summed E-state index contributed by atoms with van der Waals surface area (Å²) in [6.07, 6.45) is -0.680. The van der Waals surface area contributed by atoms with Gasteiger partial charge in [-0.25, -0.2) is 4.79 Å². The van der Waals surface area contributed by atoms with Crippen LogP contribution in [-0.4, -0.2) is 24.6 Å². The summed E-state index contributed by atoms with van der Waals surface area (Å²) >= 11 is 2.11. The van der Waals surface area contributed by atoms with E-state index in [9.17, 15) is 9.59 Å². The fourth-order valence-corrected chi connectivity index (χ4v) is 5.78. The number of amides is 2. The van der Waals surface area contributed by atoms with E-state index in [2.05, 4.69) is 40.0 Å². The van der Waals surface area contributed by atoms with E-state index in [1.54, 1.807) is 12.1 Å². The average molecular weight is 656 g/mol. The van der Waals surface area contributed by atoms with E-state index in [0.717, 1.165) is 42.2 Å². The molecule has 0 saturated carbocycles. The van der Waals surface area contributed by atoms with Crippen LogP contribution in [0.25, 0.3) is 21.9 Å². The Labute approximate surface area is 251 Å². The predicted octanol–water partition coefficient (Wildman–Crippen LogP) is 7.81. The lowest BCUT2D eigenvalue weighted by Crippen LogP contribution is -2.48. The highest BCUT2D eigenvalue weighted by Crippen LogP contribution is 2.44. The van der Waals surface area contributed by atoms with Crippen LogP contribution in [0.4, 0.5) is 15.0 Å². The largest absolute Gasteiger partial charge is 0.449 e. The van der Waals surface area contributed by atoms with Gasteiger partial charge in [-0.15, -0.1) is 5.12 Å². The zero-order chi connectivity index (χ0) is 28.3. The number of carbonyl (C=O) groups is 2. The first-order valence-electron chi connectivity index (χ1n) is 13.3. The smallest absolute Gasteiger partial charge is 0.407 e. The number of carbonyl (C=O) groups excluding carboxylic acids is 2. The summed E-state index contributed by atoms with van der Waals surface area (Å²) in [6, 6.07) is 35.1. The number of anilines is 1. The SMILES string of the molecule is O=C(N[C@@H](Cc1ccc2ccccc2c1)C(=O)N(F)c1ccc(I)cc1)OCC1c2ccccc2-c2ccccc21. The van der Waals surface area contributed by atoms with Gasteiger partial charge in [0.15, 0.2) is 0 Å². The first kappa shape index (κ1) is 27.0. The highest BCUT2D eigenvalue weighted by atomic mass is 127. The van der Waals surface area contributed by atoms with Crippen LogP contribution in [0.1, 0.15) is 22.6 Å². The lowest BCUT2D eigenvalue weighted by Gasteiger charge is -2.22. The molecule has 5 aromatic carbocycles. The topological polar surface area (TPSA) is 58.6 Å². The van der Waals surface area contributed by atoms with Crippen LogP contribution in [0.2, 0.25) is 0 Å². The maximum Gasteiger partial charge on any atom is 0.407 e. The highest BCUT2D eigenvalue weighted by Gasteiger charge is 2.31. The van der Waals surface area contributed by atoms with Crippen molar-refractivity contribution in [1.82, 2.24) is 5.32 Å². The zero-order valence-electron chi connectivity index (χ0n) is 22.0. The van der Waals surface area contributed by atoms with Gasteiger partial charge in [0.05, 0.1) is 5.69 Å². The normalized spacial score (nSPS) is 12.8. The molecule has 1 aliphatic carbocycles. The molecule has 0 heterocycles. The van der Waals surface area contributed by atoms with Gasteiger partial charge in [0, 0.05) is 15.9 Å². The second kappa shape index (κ2) is 11.7. The maximum absolute atomic E-state index is 15.4. The molecule has 0 spiro atoms. The summed E-state index contributed by atoms with van der Waals surface area (Å²) in [5.41, 5.74) is 5.28. The van der Waals surface area contributed by atoms with Crippen molar-refractivity contribution in [2.75, 3.05) is 11.7 Å². The number of fused-ring (bicyclic) bond motifs is 4. The Bertz CT molecular complexity index is 1690. The molecule has 0 aromatic heterocycles. The van der Waals surface area contributed by atoms with E-state index in [0.29, 0.717) is 0 Å². The molecule has 0 bridgehead atoms. The van der Waals surface area contributed by atoms with Gasteiger partial charge in [0.25, 0.3) is 5.91 Å². The molecule has 1 aliphatic rings. The van der Waals surface area contributed by atoms with Crippen molar-refractivity contribution in [1.29, 1.82) is 0 Å². The Morgan fingerprint density at radius 2 is 1.41 bits per heavy atom. The van der Waals surface area contributed by atoms with Crippen LogP contribution in [0.3, 0.4) is 0 Å². The summed E-state index contributed by atoms with van der Waals surface area (Å²) < 4.78 is 22.0. The number of benzene rings is 5. The van der Waals surface area contributed by atoms with Gasteiger partial charge in [-0.05, 0) is 85.4 Å². The molecule has 0 saturated heterocycles. The Morgan fingerprint density at radius 3 is 2.10 bits per heavy atom. The highest BCUT2D eigenvalue weighted by molar-refractivity contribution is 14.1. The van der Waals surface area contributed by atoms with Crippen molar-refractivity contribution in [3.8, 4) is 11.1 Å². The third-order valence-electron chi connectivity index (χ3n) is 7.43. The molecule has 0 fully saturated rings. The fraction of sp³-hybridized carbons (Fsp3) is 0.118. The molecular formula is C34H26FIN2O3. The van der Waals surface area contributed by atoms with E-state index in [-0.39, 0.29) is 29.8 Å². The monoisotopic (exact) mass is 656 g/mol. The molecule has 41 heavy (non-hydrogen) atoms. The number of halogens is 2. The number of ether oxygens (including phenoxy) is 1. The number of hydrogen-bond acceptors (Lipinski definition) is 3. The summed E-state index contributed by atoms with van der Waals surface area (Å²) in [7, 11) is 0. The number of alkyl carbamates (subject to hydrolysis) is 1. The van der Waals surface area contributed by atoms with Crippen molar-refractivity contribution in [3.63, 3.8) is 0 Å². The number of nitrogens with zero attached hydrogens (tertiary/aromatic N) is 1. The Balaban J connectivity index is 1.22. The molecule has 5 aromatic rings. The summed E-state index contributed by atoms with van der Waals surface area (Å²) in [6.45, 7) is 0.0905. The van der Waals surface area contributed by atoms with E-state index < -0.39 is 18.0 Å². The van der Waals surface area contributed by atoms with Crippen molar-refractivity contribution >= 4 is 51.1 Å². The lowest BCUT2D eigenvalue weighted by molar-refractivity contribution is -0.123. The molecule has 0 unspecified atom stereocenters. The third-order valence-corrected chi connectivity index (χ3v) is 8.15. The molecule has 2 amide bonds. The van der Waals surface area contributed by atoms with E-state index in [1.807, 2.05) is 78.9 Å². The van der Waals surface area contributed by atoms with Gasteiger partial charge < -0.3 is 10.1 Å². The molecular weight excluding hydrogens is 630 g/mol. The minimum atomic E-state index is -1.18. The number of rotatable bonds is 7. The Morgan fingerprint density at radius 1 is 0.805 bits per heavy atom. The summed E-state index contributed by atoms with van der Waals surface area (Å²) in [4.78, 5) is 26.5. The average Bonchev–Trinajstić information content (AvgIpc) is 3.33. The molecule has 0 aliphatic heterocycles. The van der Waals surface area contributed by atoms with Crippen LogP contribution in [-0.2, 0) is 16.0 Å².